The molecule has 5 rings (SSSR count). The number of tetrazole rings is 1. The van der Waals surface area contributed by atoms with Crippen molar-refractivity contribution >= 4 is 16.9 Å². The average molecular weight is 517 g/mol. The van der Waals surface area contributed by atoms with Crippen LogP contribution in [0.3, 0.4) is 0 Å². The van der Waals surface area contributed by atoms with Crippen LogP contribution in [0.2, 0.25) is 0 Å². The van der Waals surface area contributed by atoms with Crippen LogP contribution in [0.1, 0.15) is 49.7 Å². The van der Waals surface area contributed by atoms with Crippen LogP contribution in [0, 0.1) is 5.92 Å². The number of esters is 1. The summed E-state index contributed by atoms with van der Waals surface area (Å²) in [5, 5.41) is 13.5. The number of aromatic nitrogens is 5. The Kier molecular flexibility index (Phi) is 7.78. The zero-order valence-corrected chi connectivity index (χ0v) is 21.7. The first kappa shape index (κ1) is 25.6. The zero-order chi connectivity index (χ0) is 26.5. The standard InChI is InChI=1S/C28H32N6O4/c1-3-37-22-10-11-24-21(16-22)17-23(27(35)29-24)25(33-14-12-20(13-15-33)28(36)38-4-2)26-30-31-32-34(26)18-19-8-6-5-7-9-19/h5-11,16-17,20,25H,3-4,12-15,18H2,1-2H3,(H,29,35)/t25-/m0/s1. The summed E-state index contributed by atoms with van der Waals surface area (Å²) in [7, 11) is 0. The molecule has 0 amide bonds. The van der Waals surface area contributed by atoms with Crippen LogP contribution in [-0.4, -0.2) is 62.4 Å². The third kappa shape index (κ3) is 5.45. The van der Waals surface area contributed by atoms with Crippen LogP contribution in [-0.2, 0) is 16.1 Å². The van der Waals surface area contributed by atoms with Crippen LogP contribution >= 0.6 is 0 Å². The number of fused-ring (bicyclic) bond motifs is 1. The highest BCUT2D eigenvalue weighted by atomic mass is 16.5. The first-order valence-electron chi connectivity index (χ1n) is 13.1. The lowest BCUT2D eigenvalue weighted by molar-refractivity contribution is -0.149. The maximum absolute atomic E-state index is 13.5. The van der Waals surface area contributed by atoms with Gasteiger partial charge in [-0.15, -0.1) is 5.10 Å². The van der Waals surface area contributed by atoms with Gasteiger partial charge in [-0.05, 0) is 66.9 Å². The Bertz CT molecular complexity index is 1440. The van der Waals surface area contributed by atoms with Crippen LogP contribution in [0.15, 0.2) is 59.4 Å². The van der Waals surface area contributed by atoms with Gasteiger partial charge in [0.05, 0.1) is 25.7 Å². The fourth-order valence-corrected chi connectivity index (χ4v) is 5.09. The van der Waals surface area contributed by atoms with Gasteiger partial charge < -0.3 is 14.5 Å². The molecule has 0 radical (unpaired) electrons. The number of likely N-dealkylation sites (tertiary alicyclic amines) is 1. The molecule has 2 aromatic heterocycles. The maximum Gasteiger partial charge on any atom is 0.309 e. The molecule has 10 heteroatoms. The molecule has 1 aliphatic heterocycles. The number of pyridine rings is 1. The summed E-state index contributed by atoms with van der Waals surface area (Å²) >= 11 is 0. The second kappa shape index (κ2) is 11.6. The maximum atomic E-state index is 13.5. The number of piperidine rings is 1. The average Bonchev–Trinajstić information content (AvgIpc) is 3.38. The van der Waals surface area contributed by atoms with Gasteiger partial charge in [-0.2, -0.15) is 0 Å². The van der Waals surface area contributed by atoms with E-state index in [0.29, 0.717) is 57.1 Å². The van der Waals surface area contributed by atoms with Crippen LogP contribution in [0.4, 0.5) is 0 Å². The molecule has 38 heavy (non-hydrogen) atoms. The minimum absolute atomic E-state index is 0.157. The number of hydrogen-bond donors (Lipinski definition) is 1. The van der Waals surface area contributed by atoms with E-state index >= 15 is 0 Å². The van der Waals surface area contributed by atoms with Crippen molar-refractivity contribution in [2.45, 2.75) is 39.3 Å². The molecule has 0 bridgehead atoms. The predicted octanol–water partition coefficient (Wildman–Crippen LogP) is 3.33. The molecule has 0 unspecified atom stereocenters. The topological polar surface area (TPSA) is 115 Å². The molecule has 1 atom stereocenters. The van der Waals surface area contributed by atoms with Gasteiger partial charge in [0.1, 0.15) is 11.8 Å². The van der Waals surface area contributed by atoms with E-state index in [1.54, 1.807) is 4.68 Å². The smallest absolute Gasteiger partial charge is 0.309 e. The van der Waals surface area contributed by atoms with Gasteiger partial charge in [-0.25, -0.2) is 4.68 Å². The molecule has 2 aromatic carbocycles. The summed E-state index contributed by atoms with van der Waals surface area (Å²) in [4.78, 5) is 31.1. The fraction of sp³-hybridized carbons (Fsp3) is 0.393. The Hall–Kier alpha value is -4.05. The number of hydrogen-bond acceptors (Lipinski definition) is 8. The summed E-state index contributed by atoms with van der Waals surface area (Å²) in [6.07, 6.45) is 1.27. The van der Waals surface area contributed by atoms with Gasteiger partial charge in [0.25, 0.3) is 5.56 Å². The summed E-state index contributed by atoms with van der Waals surface area (Å²) in [6.45, 7) is 6.34. The summed E-state index contributed by atoms with van der Waals surface area (Å²) in [6, 6.07) is 17.0. The van der Waals surface area contributed by atoms with Crippen LogP contribution < -0.4 is 10.3 Å². The van der Waals surface area contributed by atoms with Gasteiger partial charge in [-0.1, -0.05) is 30.3 Å². The molecule has 4 aromatic rings. The van der Waals surface area contributed by atoms with Gasteiger partial charge in [-0.3, -0.25) is 14.5 Å². The van der Waals surface area contributed by atoms with E-state index in [0.717, 1.165) is 22.2 Å². The van der Waals surface area contributed by atoms with Crippen LogP contribution in [0.25, 0.3) is 10.9 Å². The lowest BCUT2D eigenvalue weighted by Crippen LogP contribution is -2.42. The van der Waals surface area contributed by atoms with Crippen molar-refractivity contribution < 1.29 is 14.3 Å². The molecule has 10 nitrogen and oxygen atoms in total. The van der Waals surface area contributed by atoms with Gasteiger partial charge >= 0.3 is 5.97 Å². The second-order valence-electron chi connectivity index (χ2n) is 9.38. The Morgan fingerprint density at radius 1 is 1.08 bits per heavy atom. The van der Waals surface area contributed by atoms with Crippen molar-refractivity contribution in [3.05, 3.63) is 81.9 Å². The van der Waals surface area contributed by atoms with E-state index in [2.05, 4.69) is 25.4 Å². The van der Waals surface area contributed by atoms with Gasteiger partial charge in [0.2, 0.25) is 0 Å². The molecular weight excluding hydrogens is 484 g/mol. The number of H-pyrrole nitrogens is 1. The molecule has 0 aliphatic carbocycles. The number of benzene rings is 2. The highest BCUT2D eigenvalue weighted by Gasteiger charge is 2.35. The number of nitrogens with one attached hydrogen (secondary N) is 1. The lowest BCUT2D eigenvalue weighted by Gasteiger charge is -2.36. The zero-order valence-electron chi connectivity index (χ0n) is 21.7. The first-order valence-corrected chi connectivity index (χ1v) is 13.1. The Morgan fingerprint density at radius 2 is 1.87 bits per heavy atom. The van der Waals surface area contributed by atoms with Crippen molar-refractivity contribution in [1.82, 2.24) is 30.1 Å². The summed E-state index contributed by atoms with van der Waals surface area (Å²) in [5.41, 5.74) is 2.12. The number of aromatic amines is 1. The molecule has 3 heterocycles. The van der Waals surface area contributed by atoms with E-state index in [9.17, 15) is 9.59 Å². The van der Waals surface area contributed by atoms with Crippen molar-refractivity contribution in [3.8, 4) is 5.75 Å². The second-order valence-corrected chi connectivity index (χ2v) is 9.38. The molecular formula is C28H32N6O4. The number of carbonyl (C=O) groups is 1. The van der Waals surface area contributed by atoms with E-state index in [1.807, 2.05) is 68.4 Å². The van der Waals surface area contributed by atoms with Crippen molar-refractivity contribution in [1.29, 1.82) is 0 Å². The van der Waals surface area contributed by atoms with Crippen LogP contribution in [0.5, 0.6) is 5.75 Å². The number of ether oxygens (including phenoxy) is 2. The molecule has 0 saturated carbocycles. The minimum Gasteiger partial charge on any atom is -0.494 e. The normalized spacial score (nSPS) is 15.4. The van der Waals surface area contributed by atoms with Crippen molar-refractivity contribution in [2.75, 3.05) is 26.3 Å². The third-order valence-electron chi connectivity index (χ3n) is 6.94. The fourth-order valence-electron chi connectivity index (χ4n) is 5.09. The Balaban J connectivity index is 1.55. The van der Waals surface area contributed by atoms with Crippen molar-refractivity contribution in [3.63, 3.8) is 0 Å². The minimum atomic E-state index is -0.499. The Labute approximate surface area is 220 Å². The third-order valence-corrected chi connectivity index (χ3v) is 6.94. The summed E-state index contributed by atoms with van der Waals surface area (Å²) in [5.74, 6) is 0.994. The largest absolute Gasteiger partial charge is 0.494 e. The van der Waals surface area contributed by atoms with E-state index in [-0.39, 0.29) is 17.4 Å². The molecule has 1 N–H and O–H groups in total. The molecule has 0 spiro atoms. The highest BCUT2D eigenvalue weighted by Crippen LogP contribution is 2.32. The quantitative estimate of drug-likeness (QED) is 0.337. The van der Waals surface area contributed by atoms with Crippen molar-refractivity contribution in [2.24, 2.45) is 5.92 Å². The number of carbonyl (C=O) groups excluding carboxylic acids is 1. The number of rotatable bonds is 9. The van der Waals surface area contributed by atoms with E-state index in [1.165, 1.54) is 0 Å². The molecule has 1 aliphatic rings. The van der Waals surface area contributed by atoms with Gasteiger partial charge in [0, 0.05) is 29.6 Å². The van der Waals surface area contributed by atoms with E-state index < -0.39 is 6.04 Å². The SMILES string of the molecule is CCOC(=O)C1CCN([C@@H](c2cc3cc(OCC)ccc3[nH]c2=O)c2nnnn2Cc2ccccc2)CC1. The first-order chi connectivity index (χ1) is 18.6. The highest BCUT2D eigenvalue weighted by molar-refractivity contribution is 5.80. The van der Waals surface area contributed by atoms with Gasteiger partial charge in [0.15, 0.2) is 5.82 Å². The van der Waals surface area contributed by atoms with E-state index in [4.69, 9.17) is 9.47 Å². The molecule has 1 fully saturated rings. The predicted molar refractivity (Wildman–Crippen MR) is 142 cm³/mol. The number of nitrogens with zero attached hydrogens (tertiary/aromatic N) is 5. The monoisotopic (exact) mass is 516 g/mol. The summed E-state index contributed by atoms with van der Waals surface area (Å²) < 4.78 is 12.7. The Morgan fingerprint density at radius 3 is 2.61 bits per heavy atom. The molecule has 198 valence electrons. The lowest BCUT2D eigenvalue weighted by atomic mass is 9.94. The molecule has 1 saturated heterocycles.